The van der Waals surface area contributed by atoms with E-state index in [-0.39, 0.29) is 11.8 Å². The smallest absolute Gasteiger partial charge is 0.307 e. The van der Waals surface area contributed by atoms with Crippen molar-refractivity contribution in [2.75, 3.05) is 6.26 Å². The monoisotopic (exact) mass is 322 g/mol. The van der Waals surface area contributed by atoms with Gasteiger partial charge in [-0.2, -0.15) is 0 Å². The maximum absolute atomic E-state index is 11.4. The van der Waals surface area contributed by atoms with Gasteiger partial charge >= 0.3 is 5.97 Å². The highest BCUT2D eigenvalue weighted by molar-refractivity contribution is 7.90. The van der Waals surface area contributed by atoms with E-state index in [2.05, 4.69) is 0 Å². The normalized spacial score (nSPS) is 21.2. The number of thiophene rings is 1. The highest BCUT2D eigenvalue weighted by Crippen LogP contribution is 2.49. The maximum Gasteiger partial charge on any atom is 0.307 e. The van der Waals surface area contributed by atoms with Crippen molar-refractivity contribution in [1.82, 2.24) is 0 Å². The number of carboxylic acids is 1. The lowest BCUT2D eigenvalue weighted by molar-refractivity contribution is -0.138. The van der Waals surface area contributed by atoms with Crippen LogP contribution in [0.15, 0.2) is 40.6 Å². The number of sulfone groups is 1. The van der Waals surface area contributed by atoms with Crippen LogP contribution in [0.25, 0.3) is 10.4 Å². The van der Waals surface area contributed by atoms with Gasteiger partial charge in [-0.15, -0.1) is 11.3 Å². The van der Waals surface area contributed by atoms with E-state index < -0.39 is 15.8 Å². The predicted octanol–water partition coefficient (Wildman–Crippen LogP) is 3.01. The van der Waals surface area contributed by atoms with Crippen molar-refractivity contribution in [1.29, 1.82) is 0 Å². The minimum atomic E-state index is -3.18. The molecule has 1 aliphatic rings. The van der Waals surface area contributed by atoms with Crippen molar-refractivity contribution in [2.24, 2.45) is 5.92 Å². The third-order valence-corrected chi connectivity index (χ3v) is 5.85. The van der Waals surface area contributed by atoms with Crippen LogP contribution < -0.4 is 0 Å². The minimum Gasteiger partial charge on any atom is -0.481 e. The Morgan fingerprint density at radius 1 is 1.29 bits per heavy atom. The molecule has 2 aromatic rings. The van der Waals surface area contributed by atoms with Crippen LogP contribution in [-0.2, 0) is 14.6 Å². The fraction of sp³-hybridized carbons (Fsp3) is 0.267. The Morgan fingerprint density at radius 3 is 2.48 bits per heavy atom. The van der Waals surface area contributed by atoms with E-state index in [1.165, 1.54) is 6.26 Å². The molecule has 1 N–H and O–H groups in total. The van der Waals surface area contributed by atoms with Crippen LogP contribution in [0.2, 0.25) is 0 Å². The molecule has 0 aliphatic heterocycles. The van der Waals surface area contributed by atoms with Gasteiger partial charge in [0, 0.05) is 11.1 Å². The molecular formula is C15H14O4S2. The lowest BCUT2D eigenvalue weighted by Crippen LogP contribution is -1.98. The van der Waals surface area contributed by atoms with Gasteiger partial charge in [-0.25, -0.2) is 8.42 Å². The molecule has 0 bridgehead atoms. The molecule has 0 amide bonds. The Morgan fingerprint density at radius 2 is 1.95 bits per heavy atom. The van der Waals surface area contributed by atoms with Crippen molar-refractivity contribution in [2.45, 2.75) is 17.2 Å². The molecule has 0 unspecified atom stereocenters. The quantitative estimate of drug-likeness (QED) is 0.939. The summed E-state index contributed by atoms with van der Waals surface area (Å²) in [6, 6.07) is 8.78. The van der Waals surface area contributed by atoms with Gasteiger partial charge in [0.15, 0.2) is 9.84 Å². The molecule has 0 spiro atoms. The van der Waals surface area contributed by atoms with Gasteiger partial charge in [0.25, 0.3) is 0 Å². The summed E-state index contributed by atoms with van der Waals surface area (Å²) in [7, 11) is -3.18. The molecule has 1 saturated carbocycles. The molecular weight excluding hydrogens is 308 g/mol. The molecule has 1 aliphatic carbocycles. The summed E-state index contributed by atoms with van der Waals surface area (Å²) < 4.78 is 22.9. The minimum absolute atomic E-state index is 0.128. The summed E-state index contributed by atoms with van der Waals surface area (Å²) in [5, 5.41) is 11.0. The molecule has 1 aromatic heterocycles. The van der Waals surface area contributed by atoms with Crippen molar-refractivity contribution < 1.29 is 18.3 Å². The van der Waals surface area contributed by atoms with Crippen LogP contribution in [0, 0.1) is 5.92 Å². The van der Waals surface area contributed by atoms with Crippen LogP contribution in [-0.4, -0.2) is 25.7 Å². The molecule has 3 rings (SSSR count). The predicted molar refractivity (Wildman–Crippen MR) is 81.3 cm³/mol. The molecule has 1 heterocycles. The summed E-state index contributed by atoms with van der Waals surface area (Å²) in [4.78, 5) is 12.2. The zero-order valence-electron chi connectivity index (χ0n) is 11.3. The Balaban J connectivity index is 1.82. The third kappa shape index (κ3) is 2.87. The molecule has 1 fully saturated rings. The van der Waals surface area contributed by atoms with Gasteiger partial charge in [-0.1, -0.05) is 12.1 Å². The molecule has 4 nitrogen and oxygen atoms in total. The van der Waals surface area contributed by atoms with Gasteiger partial charge in [0.2, 0.25) is 0 Å². The molecule has 2 atom stereocenters. The highest BCUT2D eigenvalue weighted by atomic mass is 32.2. The topological polar surface area (TPSA) is 71.4 Å². The second-order valence-electron chi connectivity index (χ2n) is 5.33. The Kier molecular flexibility index (Phi) is 3.37. The largest absolute Gasteiger partial charge is 0.481 e. The number of carboxylic acid groups (broad SMARTS) is 1. The van der Waals surface area contributed by atoms with Crippen molar-refractivity contribution in [3.8, 4) is 10.4 Å². The second-order valence-corrected chi connectivity index (χ2v) is 8.25. The average molecular weight is 322 g/mol. The molecule has 21 heavy (non-hydrogen) atoms. The first-order valence-electron chi connectivity index (χ1n) is 6.48. The Bertz CT molecular complexity index is 787. The van der Waals surface area contributed by atoms with E-state index in [1.54, 1.807) is 35.6 Å². The number of benzene rings is 1. The summed E-state index contributed by atoms with van der Waals surface area (Å²) in [6.45, 7) is 0. The van der Waals surface area contributed by atoms with Gasteiger partial charge in [0.05, 0.1) is 10.8 Å². The lowest BCUT2D eigenvalue weighted by Gasteiger charge is -2.00. The van der Waals surface area contributed by atoms with Crippen LogP contribution in [0.5, 0.6) is 0 Å². The fourth-order valence-electron chi connectivity index (χ4n) is 2.40. The average Bonchev–Trinajstić information content (AvgIpc) is 3.08. The van der Waals surface area contributed by atoms with E-state index in [1.807, 2.05) is 11.4 Å². The third-order valence-electron chi connectivity index (χ3n) is 3.72. The first kappa shape index (κ1) is 14.3. The molecule has 0 saturated heterocycles. The summed E-state index contributed by atoms with van der Waals surface area (Å²) in [5.74, 6) is -0.854. The Hall–Kier alpha value is -1.66. The van der Waals surface area contributed by atoms with Crippen LogP contribution >= 0.6 is 11.3 Å². The van der Waals surface area contributed by atoms with Gasteiger partial charge in [-0.05, 0) is 47.0 Å². The van der Waals surface area contributed by atoms with Crippen LogP contribution in [0.3, 0.4) is 0 Å². The van der Waals surface area contributed by atoms with E-state index >= 15 is 0 Å². The highest BCUT2D eigenvalue weighted by Gasteiger charge is 2.44. The Labute approximate surface area is 127 Å². The van der Waals surface area contributed by atoms with E-state index in [9.17, 15) is 13.2 Å². The number of carbonyl (C=O) groups is 1. The molecule has 110 valence electrons. The van der Waals surface area contributed by atoms with Crippen molar-refractivity contribution in [3.63, 3.8) is 0 Å². The molecule has 6 heteroatoms. The standard InChI is InChI=1S/C15H14O4S2/c1-21(18,19)11-4-2-9(3-5-11)14-6-10(8-20-14)12-7-13(12)15(16)17/h2-6,8,12-13H,7H2,1H3,(H,16,17)/t12-,13+/m0/s1. The summed E-state index contributed by atoms with van der Waals surface area (Å²) >= 11 is 1.56. The zero-order chi connectivity index (χ0) is 15.2. The van der Waals surface area contributed by atoms with Gasteiger partial charge in [-0.3, -0.25) is 4.79 Å². The number of hydrogen-bond acceptors (Lipinski definition) is 4. The number of hydrogen-bond donors (Lipinski definition) is 1. The fourth-order valence-corrected chi connectivity index (χ4v) is 4.01. The summed E-state index contributed by atoms with van der Waals surface area (Å²) in [5.41, 5.74) is 2.01. The second kappa shape index (κ2) is 4.96. The van der Waals surface area contributed by atoms with Crippen molar-refractivity contribution in [3.05, 3.63) is 41.3 Å². The van der Waals surface area contributed by atoms with Gasteiger partial charge in [0.1, 0.15) is 0 Å². The summed E-state index contributed by atoms with van der Waals surface area (Å²) in [6.07, 6.45) is 1.89. The van der Waals surface area contributed by atoms with Crippen LogP contribution in [0.4, 0.5) is 0 Å². The maximum atomic E-state index is 11.4. The zero-order valence-corrected chi connectivity index (χ0v) is 12.9. The van der Waals surface area contributed by atoms with Gasteiger partial charge < -0.3 is 5.11 Å². The van der Waals surface area contributed by atoms with E-state index in [0.29, 0.717) is 11.3 Å². The van der Waals surface area contributed by atoms with Crippen LogP contribution in [0.1, 0.15) is 17.9 Å². The molecule has 0 radical (unpaired) electrons. The molecule has 1 aromatic carbocycles. The van der Waals surface area contributed by atoms with E-state index in [0.717, 1.165) is 16.0 Å². The van der Waals surface area contributed by atoms with Crippen molar-refractivity contribution >= 4 is 27.1 Å². The first-order valence-corrected chi connectivity index (χ1v) is 9.25. The number of aliphatic carboxylic acids is 1. The first-order chi connectivity index (χ1) is 9.86. The lowest BCUT2D eigenvalue weighted by atomic mass is 10.1. The van der Waals surface area contributed by atoms with E-state index in [4.69, 9.17) is 5.11 Å². The SMILES string of the molecule is CS(=O)(=O)c1ccc(-c2cc([C@@H]3C[C@H]3C(=O)O)cs2)cc1. The number of rotatable bonds is 4.